The van der Waals surface area contributed by atoms with E-state index in [-0.39, 0.29) is 16.8 Å². The van der Waals surface area contributed by atoms with Gasteiger partial charge in [0.25, 0.3) is 11.7 Å². The van der Waals surface area contributed by atoms with Gasteiger partial charge in [-0.05, 0) is 41.8 Å². The maximum atomic E-state index is 13.9. The van der Waals surface area contributed by atoms with Crippen LogP contribution in [0.15, 0.2) is 59.5 Å². The molecule has 0 radical (unpaired) electrons. The molecule has 5 rings (SSSR count). The van der Waals surface area contributed by atoms with Crippen LogP contribution in [0.2, 0.25) is 0 Å². The van der Waals surface area contributed by atoms with Crippen molar-refractivity contribution in [3.8, 4) is 11.5 Å². The summed E-state index contributed by atoms with van der Waals surface area (Å²) < 4.78 is 38.4. The molecular weight excluding hydrogens is 440 g/mol. The molecule has 9 heteroatoms. The molecule has 0 saturated carbocycles. The number of carbonyl (C=O) groups is 2. The van der Waals surface area contributed by atoms with Crippen LogP contribution in [0.5, 0.6) is 11.5 Å². The van der Waals surface area contributed by atoms with Crippen molar-refractivity contribution in [1.29, 1.82) is 0 Å². The fourth-order valence-corrected chi connectivity index (χ4v) is 4.62. The Morgan fingerprint density at radius 1 is 1.00 bits per heavy atom. The fourth-order valence-electron chi connectivity index (χ4n) is 3.80. The first-order chi connectivity index (χ1) is 15.5. The minimum absolute atomic E-state index is 0.00521. The van der Waals surface area contributed by atoms with E-state index in [1.54, 1.807) is 29.6 Å². The molecule has 0 aliphatic carbocycles. The Bertz CT molecular complexity index is 1270. The molecule has 1 amide bonds. The highest BCUT2D eigenvalue weighted by molar-refractivity contribution is 7.10. The second-order valence-corrected chi connectivity index (χ2v) is 8.12. The number of carbonyl (C=O) groups excluding carboxylic acids is 2. The van der Waals surface area contributed by atoms with Crippen molar-refractivity contribution in [2.24, 2.45) is 0 Å². The molecule has 0 spiro atoms. The SMILES string of the molecule is O=C1C(=O)N(c2ccc(F)c(F)c2)C(c2cccs2)/C1=C(/O)c1ccc2c(c1)OCCO2. The van der Waals surface area contributed by atoms with Crippen LogP contribution in [0, 0.1) is 11.6 Å². The van der Waals surface area contributed by atoms with Gasteiger partial charge in [-0.25, -0.2) is 8.78 Å². The number of benzene rings is 2. The highest BCUT2D eigenvalue weighted by Gasteiger charge is 2.47. The molecule has 1 aromatic heterocycles. The summed E-state index contributed by atoms with van der Waals surface area (Å²) in [5.74, 6) is -3.60. The van der Waals surface area contributed by atoms with Gasteiger partial charge in [0.1, 0.15) is 25.0 Å². The number of nitrogens with zero attached hydrogens (tertiary/aromatic N) is 1. The van der Waals surface area contributed by atoms with Crippen LogP contribution in [0.1, 0.15) is 16.5 Å². The summed E-state index contributed by atoms with van der Waals surface area (Å²) in [5.41, 5.74) is 0.114. The van der Waals surface area contributed by atoms with Gasteiger partial charge < -0.3 is 14.6 Å². The number of rotatable bonds is 3. The third-order valence-electron chi connectivity index (χ3n) is 5.25. The molecule has 1 N–H and O–H groups in total. The Morgan fingerprint density at radius 2 is 1.78 bits per heavy atom. The Balaban J connectivity index is 1.67. The molecule has 3 heterocycles. The average molecular weight is 455 g/mol. The van der Waals surface area contributed by atoms with Crippen LogP contribution >= 0.6 is 11.3 Å². The number of Topliss-reactive ketones (excluding diaryl/α,β-unsaturated/α-hetero) is 1. The lowest BCUT2D eigenvalue weighted by molar-refractivity contribution is -0.132. The Hall–Kier alpha value is -3.72. The third-order valence-corrected chi connectivity index (χ3v) is 6.18. The van der Waals surface area contributed by atoms with Gasteiger partial charge in [-0.2, -0.15) is 0 Å². The number of ketones is 1. The topological polar surface area (TPSA) is 76.1 Å². The van der Waals surface area contributed by atoms with Crippen molar-refractivity contribution in [2.45, 2.75) is 6.04 Å². The number of fused-ring (bicyclic) bond motifs is 1. The molecule has 1 unspecified atom stereocenters. The summed E-state index contributed by atoms with van der Waals surface area (Å²) in [7, 11) is 0. The lowest BCUT2D eigenvalue weighted by Gasteiger charge is -2.24. The first-order valence-corrected chi connectivity index (χ1v) is 10.5. The van der Waals surface area contributed by atoms with Crippen LogP contribution in [0.3, 0.4) is 0 Å². The molecular formula is C23H15F2NO5S. The smallest absolute Gasteiger partial charge is 0.300 e. The maximum absolute atomic E-state index is 13.9. The van der Waals surface area contributed by atoms with Crippen molar-refractivity contribution in [3.05, 3.63) is 81.6 Å². The number of aliphatic hydroxyl groups excluding tert-OH is 1. The van der Waals surface area contributed by atoms with Crippen LogP contribution in [-0.4, -0.2) is 30.0 Å². The van der Waals surface area contributed by atoms with E-state index >= 15 is 0 Å². The molecule has 2 aromatic carbocycles. The van der Waals surface area contributed by atoms with Crippen molar-refractivity contribution in [2.75, 3.05) is 18.1 Å². The zero-order chi connectivity index (χ0) is 22.4. The van der Waals surface area contributed by atoms with Gasteiger partial charge in [0.2, 0.25) is 0 Å². The van der Waals surface area contributed by atoms with Gasteiger partial charge in [-0.3, -0.25) is 14.5 Å². The summed E-state index contributed by atoms with van der Waals surface area (Å²) in [6.45, 7) is 0.739. The first-order valence-electron chi connectivity index (χ1n) is 9.65. The second-order valence-electron chi connectivity index (χ2n) is 7.14. The van der Waals surface area contributed by atoms with E-state index in [9.17, 15) is 23.5 Å². The average Bonchev–Trinajstić information content (AvgIpc) is 3.42. The quantitative estimate of drug-likeness (QED) is 0.359. The van der Waals surface area contributed by atoms with Crippen molar-refractivity contribution >= 4 is 34.5 Å². The molecule has 6 nitrogen and oxygen atoms in total. The number of halogens is 2. The summed E-state index contributed by atoms with van der Waals surface area (Å²) >= 11 is 1.27. The van der Waals surface area contributed by atoms with Crippen molar-refractivity contribution < 1.29 is 33.0 Å². The normalized spacial score (nSPS) is 19.4. The summed E-state index contributed by atoms with van der Waals surface area (Å²) in [6.07, 6.45) is 0. The van der Waals surface area contributed by atoms with E-state index in [0.717, 1.165) is 17.0 Å². The van der Waals surface area contributed by atoms with Crippen molar-refractivity contribution in [3.63, 3.8) is 0 Å². The largest absolute Gasteiger partial charge is 0.507 e. The second kappa shape index (κ2) is 7.76. The Labute approximate surface area is 184 Å². The minimum atomic E-state index is -1.15. The fraction of sp³-hybridized carbons (Fsp3) is 0.130. The Morgan fingerprint density at radius 3 is 2.50 bits per heavy atom. The number of hydrogen-bond donors (Lipinski definition) is 1. The van der Waals surface area contributed by atoms with E-state index in [2.05, 4.69) is 0 Å². The molecule has 32 heavy (non-hydrogen) atoms. The number of amides is 1. The summed E-state index contributed by atoms with van der Waals surface area (Å²) in [4.78, 5) is 27.6. The lowest BCUT2D eigenvalue weighted by Crippen LogP contribution is -2.29. The van der Waals surface area contributed by atoms with E-state index < -0.39 is 35.1 Å². The van der Waals surface area contributed by atoms with E-state index in [0.29, 0.717) is 29.6 Å². The third kappa shape index (κ3) is 3.21. The Kier molecular flexibility index (Phi) is 4.90. The molecule has 3 aromatic rings. The van der Waals surface area contributed by atoms with Gasteiger partial charge in [-0.15, -0.1) is 11.3 Å². The van der Waals surface area contributed by atoms with Gasteiger partial charge in [0.15, 0.2) is 23.1 Å². The molecule has 1 fully saturated rings. The number of aliphatic hydroxyl groups is 1. The molecule has 2 aliphatic rings. The predicted octanol–water partition coefficient (Wildman–Crippen LogP) is 4.42. The molecule has 1 saturated heterocycles. The number of thiophene rings is 1. The van der Waals surface area contributed by atoms with E-state index in [1.807, 2.05) is 0 Å². The summed E-state index contributed by atoms with van der Waals surface area (Å²) in [5, 5.41) is 12.9. The van der Waals surface area contributed by atoms with Crippen molar-refractivity contribution in [1.82, 2.24) is 0 Å². The summed E-state index contributed by atoms with van der Waals surface area (Å²) in [6, 6.07) is 10.1. The predicted molar refractivity (Wildman–Crippen MR) is 113 cm³/mol. The zero-order valence-electron chi connectivity index (χ0n) is 16.4. The van der Waals surface area contributed by atoms with E-state index in [4.69, 9.17) is 9.47 Å². The monoisotopic (exact) mass is 455 g/mol. The number of anilines is 1. The van der Waals surface area contributed by atoms with Crippen LogP contribution in [0.25, 0.3) is 5.76 Å². The van der Waals surface area contributed by atoms with Gasteiger partial charge in [0.05, 0.1) is 5.57 Å². The van der Waals surface area contributed by atoms with Gasteiger partial charge in [0, 0.05) is 22.2 Å². The van der Waals surface area contributed by atoms with E-state index in [1.165, 1.54) is 23.5 Å². The van der Waals surface area contributed by atoms with Gasteiger partial charge in [-0.1, -0.05) is 6.07 Å². The molecule has 2 aliphatic heterocycles. The lowest BCUT2D eigenvalue weighted by atomic mass is 9.99. The van der Waals surface area contributed by atoms with Crippen LogP contribution < -0.4 is 14.4 Å². The molecule has 1 atom stereocenters. The zero-order valence-corrected chi connectivity index (χ0v) is 17.2. The first kappa shape index (κ1) is 20.2. The standard InChI is InChI=1S/C23H15F2NO5S/c24-14-5-4-13(11-15(14)25)26-20(18-2-1-9-32-18)19(22(28)23(26)29)21(27)12-3-6-16-17(10-12)31-8-7-30-16/h1-6,9-11,20,27H,7-8H2/b21-19-. The number of ether oxygens (including phenoxy) is 2. The van der Waals surface area contributed by atoms with Gasteiger partial charge >= 0.3 is 0 Å². The molecule has 0 bridgehead atoms. The highest BCUT2D eigenvalue weighted by atomic mass is 32.1. The molecule has 162 valence electrons. The number of hydrogen-bond acceptors (Lipinski definition) is 6. The maximum Gasteiger partial charge on any atom is 0.300 e. The minimum Gasteiger partial charge on any atom is -0.507 e. The van der Waals surface area contributed by atoms with Crippen LogP contribution in [0.4, 0.5) is 14.5 Å². The van der Waals surface area contributed by atoms with Crippen LogP contribution in [-0.2, 0) is 9.59 Å². The highest BCUT2D eigenvalue weighted by Crippen LogP contribution is 2.44.